The van der Waals surface area contributed by atoms with Gasteiger partial charge < -0.3 is 4.98 Å². The zero-order valence-electron chi connectivity index (χ0n) is 10.6. The van der Waals surface area contributed by atoms with E-state index in [4.69, 9.17) is 0 Å². The van der Waals surface area contributed by atoms with Crippen molar-refractivity contribution >= 4 is 21.8 Å². The van der Waals surface area contributed by atoms with E-state index in [2.05, 4.69) is 16.0 Å². The van der Waals surface area contributed by atoms with Crippen molar-refractivity contribution in [3.8, 4) is 11.3 Å². The van der Waals surface area contributed by atoms with E-state index in [1.54, 1.807) is 6.07 Å². The van der Waals surface area contributed by atoms with E-state index in [1.807, 2.05) is 36.5 Å². The summed E-state index contributed by atoms with van der Waals surface area (Å²) in [6, 6.07) is 16.8. The van der Waals surface area contributed by atoms with Gasteiger partial charge in [-0.2, -0.15) is 0 Å². The van der Waals surface area contributed by atoms with Gasteiger partial charge in [-0.3, -0.25) is 0 Å². The number of hydrogen-bond donors (Lipinski definition) is 1. The molecule has 0 radical (unpaired) electrons. The van der Waals surface area contributed by atoms with Crippen LogP contribution in [0.15, 0.2) is 60.8 Å². The summed E-state index contributed by atoms with van der Waals surface area (Å²) in [6.45, 7) is 0. The van der Waals surface area contributed by atoms with Crippen LogP contribution in [-0.4, -0.2) is 9.97 Å². The van der Waals surface area contributed by atoms with Crippen LogP contribution < -0.4 is 0 Å². The van der Waals surface area contributed by atoms with Gasteiger partial charge in [-0.15, -0.1) is 0 Å². The number of nitrogens with one attached hydrogen (secondary N) is 1. The average molecular weight is 262 g/mol. The van der Waals surface area contributed by atoms with Crippen LogP contribution >= 0.6 is 0 Å². The van der Waals surface area contributed by atoms with Crippen molar-refractivity contribution in [1.82, 2.24) is 9.97 Å². The molecule has 20 heavy (non-hydrogen) atoms. The first-order valence-corrected chi connectivity index (χ1v) is 6.44. The van der Waals surface area contributed by atoms with Crippen molar-refractivity contribution in [3.05, 3.63) is 66.6 Å². The minimum atomic E-state index is -0.239. The fraction of sp³-hybridized carbons (Fsp3) is 0. The first-order chi connectivity index (χ1) is 9.81. The molecule has 0 aliphatic heterocycles. The second kappa shape index (κ2) is 4.17. The van der Waals surface area contributed by atoms with Crippen molar-refractivity contribution in [2.75, 3.05) is 0 Å². The smallest absolute Gasteiger partial charge is 0.125 e. The van der Waals surface area contributed by atoms with E-state index in [0.29, 0.717) is 0 Å². The molecule has 0 saturated carbocycles. The molecule has 4 rings (SSSR count). The molecule has 3 heteroatoms. The zero-order valence-corrected chi connectivity index (χ0v) is 10.6. The molecule has 0 saturated heterocycles. The number of pyridine rings is 1. The molecule has 0 fully saturated rings. The van der Waals surface area contributed by atoms with Crippen LogP contribution in [0.5, 0.6) is 0 Å². The first kappa shape index (κ1) is 11.2. The maximum atomic E-state index is 13.2. The summed E-state index contributed by atoms with van der Waals surface area (Å²) >= 11 is 0. The van der Waals surface area contributed by atoms with Gasteiger partial charge in [-0.05, 0) is 30.3 Å². The third-order valence-corrected chi connectivity index (χ3v) is 3.52. The Morgan fingerprint density at radius 2 is 1.85 bits per heavy atom. The molecule has 2 aromatic heterocycles. The fourth-order valence-corrected chi connectivity index (χ4v) is 2.53. The molecular formula is C17H11FN2. The van der Waals surface area contributed by atoms with Crippen molar-refractivity contribution in [3.63, 3.8) is 0 Å². The Hall–Kier alpha value is -2.68. The normalized spacial score (nSPS) is 11.2. The van der Waals surface area contributed by atoms with Crippen molar-refractivity contribution in [1.29, 1.82) is 0 Å². The second-order valence-electron chi connectivity index (χ2n) is 4.78. The SMILES string of the molecule is Fc1ccc2c(-c3ccc4ccccc4n3)c[nH]c2c1. The average Bonchev–Trinajstić information content (AvgIpc) is 2.89. The monoisotopic (exact) mass is 262 g/mol. The Bertz CT molecular complexity index is 924. The zero-order chi connectivity index (χ0) is 13.5. The lowest BCUT2D eigenvalue weighted by Gasteiger charge is -2.02. The van der Waals surface area contributed by atoms with E-state index >= 15 is 0 Å². The van der Waals surface area contributed by atoms with E-state index in [0.717, 1.165) is 33.1 Å². The predicted molar refractivity (Wildman–Crippen MR) is 79.0 cm³/mol. The molecular weight excluding hydrogens is 251 g/mol. The molecule has 1 N–H and O–H groups in total. The highest BCUT2D eigenvalue weighted by Gasteiger charge is 2.08. The fourth-order valence-electron chi connectivity index (χ4n) is 2.53. The summed E-state index contributed by atoms with van der Waals surface area (Å²) in [6.07, 6.45) is 1.88. The number of fused-ring (bicyclic) bond motifs is 2. The number of para-hydroxylation sites is 1. The third kappa shape index (κ3) is 1.67. The van der Waals surface area contributed by atoms with Crippen LogP contribution in [0.1, 0.15) is 0 Å². The maximum Gasteiger partial charge on any atom is 0.125 e. The molecule has 0 bridgehead atoms. The Morgan fingerprint density at radius 1 is 0.950 bits per heavy atom. The molecule has 0 atom stereocenters. The summed E-state index contributed by atoms with van der Waals surface area (Å²) in [5, 5.41) is 2.09. The molecule has 0 unspecified atom stereocenters. The van der Waals surface area contributed by atoms with E-state index in [1.165, 1.54) is 12.1 Å². The molecule has 2 heterocycles. The van der Waals surface area contributed by atoms with Gasteiger partial charge in [0.25, 0.3) is 0 Å². The predicted octanol–water partition coefficient (Wildman–Crippen LogP) is 4.52. The quantitative estimate of drug-likeness (QED) is 0.536. The van der Waals surface area contributed by atoms with Gasteiger partial charge >= 0.3 is 0 Å². The number of aromatic amines is 1. The number of rotatable bonds is 1. The van der Waals surface area contributed by atoms with Crippen molar-refractivity contribution in [2.24, 2.45) is 0 Å². The van der Waals surface area contributed by atoms with E-state index in [-0.39, 0.29) is 5.82 Å². The van der Waals surface area contributed by atoms with Crippen LogP contribution in [0.2, 0.25) is 0 Å². The number of nitrogens with zero attached hydrogens (tertiary/aromatic N) is 1. The summed E-state index contributed by atoms with van der Waals surface area (Å²) in [7, 11) is 0. The Labute approximate surface area is 114 Å². The van der Waals surface area contributed by atoms with Gasteiger partial charge in [0.05, 0.1) is 11.2 Å². The highest BCUT2D eigenvalue weighted by atomic mass is 19.1. The van der Waals surface area contributed by atoms with E-state index in [9.17, 15) is 4.39 Å². The van der Waals surface area contributed by atoms with Crippen LogP contribution in [0.3, 0.4) is 0 Å². The molecule has 2 aromatic carbocycles. The van der Waals surface area contributed by atoms with Gasteiger partial charge in [-0.1, -0.05) is 24.3 Å². The lowest BCUT2D eigenvalue weighted by Crippen LogP contribution is -1.84. The summed E-state index contributed by atoms with van der Waals surface area (Å²) in [4.78, 5) is 7.77. The van der Waals surface area contributed by atoms with Gasteiger partial charge in [0, 0.05) is 28.0 Å². The third-order valence-electron chi connectivity index (χ3n) is 3.52. The molecule has 4 aromatic rings. The van der Waals surface area contributed by atoms with E-state index < -0.39 is 0 Å². The maximum absolute atomic E-state index is 13.2. The van der Waals surface area contributed by atoms with Gasteiger partial charge in [-0.25, -0.2) is 9.37 Å². The largest absolute Gasteiger partial charge is 0.360 e. The van der Waals surface area contributed by atoms with Crippen molar-refractivity contribution < 1.29 is 4.39 Å². The molecule has 96 valence electrons. The standard InChI is InChI=1S/C17H11FN2/c18-12-6-7-13-14(10-19-17(13)9-12)16-8-5-11-3-1-2-4-15(11)20-16/h1-10,19H. The minimum absolute atomic E-state index is 0.239. The first-order valence-electron chi connectivity index (χ1n) is 6.44. The number of hydrogen-bond acceptors (Lipinski definition) is 1. The molecule has 0 spiro atoms. The van der Waals surface area contributed by atoms with Crippen LogP contribution in [-0.2, 0) is 0 Å². The van der Waals surface area contributed by atoms with Gasteiger partial charge in [0.1, 0.15) is 5.82 Å². The second-order valence-corrected chi connectivity index (χ2v) is 4.78. The molecule has 0 aliphatic rings. The number of halogens is 1. The van der Waals surface area contributed by atoms with Crippen molar-refractivity contribution in [2.45, 2.75) is 0 Å². The number of H-pyrrole nitrogens is 1. The Kier molecular flexibility index (Phi) is 2.33. The number of benzene rings is 2. The van der Waals surface area contributed by atoms with Crippen LogP contribution in [0, 0.1) is 5.82 Å². The molecule has 0 amide bonds. The van der Waals surface area contributed by atoms with Crippen LogP contribution in [0.25, 0.3) is 33.1 Å². The summed E-state index contributed by atoms with van der Waals surface area (Å²) in [5.41, 5.74) is 3.63. The minimum Gasteiger partial charge on any atom is -0.360 e. The highest BCUT2D eigenvalue weighted by molar-refractivity contribution is 5.95. The lowest BCUT2D eigenvalue weighted by atomic mass is 10.1. The molecule has 0 aliphatic carbocycles. The topological polar surface area (TPSA) is 28.7 Å². The summed E-state index contributed by atoms with van der Waals surface area (Å²) in [5.74, 6) is -0.239. The van der Waals surface area contributed by atoms with Gasteiger partial charge in [0.2, 0.25) is 0 Å². The molecule has 2 nitrogen and oxygen atoms in total. The Balaban J connectivity index is 1.96. The Morgan fingerprint density at radius 3 is 2.80 bits per heavy atom. The van der Waals surface area contributed by atoms with Gasteiger partial charge in [0.15, 0.2) is 0 Å². The van der Waals surface area contributed by atoms with Crippen LogP contribution in [0.4, 0.5) is 4.39 Å². The number of aromatic nitrogens is 2. The lowest BCUT2D eigenvalue weighted by molar-refractivity contribution is 0.629. The summed E-state index contributed by atoms with van der Waals surface area (Å²) < 4.78 is 13.2. The highest BCUT2D eigenvalue weighted by Crippen LogP contribution is 2.28.